The lowest BCUT2D eigenvalue weighted by atomic mass is 10.0. The van der Waals surface area contributed by atoms with Gasteiger partial charge in [0.1, 0.15) is 12.6 Å². The zero-order valence-corrected chi connectivity index (χ0v) is 42.4. The highest BCUT2D eigenvalue weighted by Gasteiger charge is 2.28. The zero-order valence-electron chi connectivity index (χ0n) is 41.5. The summed E-state index contributed by atoms with van der Waals surface area (Å²) in [5.74, 6) is -2.42. The van der Waals surface area contributed by atoms with E-state index in [1.54, 1.807) is 0 Å². The molecule has 0 radical (unpaired) electrons. The maximum Gasteiger partial charge on any atom is 0.472 e. The van der Waals surface area contributed by atoms with Crippen LogP contribution in [0.5, 0.6) is 0 Å². The third kappa shape index (κ3) is 47.4. The Bertz CT molecular complexity index is 1390. The van der Waals surface area contributed by atoms with Crippen molar-refractivity contribution in [3.63, 3.8) is 0 Å². The summed E-state index contributed by atoms with van der Waals surface area (Å²) in [6, 6.07) is -1.53. The Labute approximate surface area is 401 Å². The first-order valence-corrected chi connectivity index (χ1v) is 27.5. The van der Waals surface area contributed by atoms with E-state index in [4.69, 9.17) is 24.8 Å². The summed E-state index contributed by atoms with van der Waals surface area (Å²) in [5, 5.41) is 8.92. The van der Waals surface area contributed by atoms with Gasteiger partial charge in [-0.15, -0.1) is 0 Å². The van der Waals surface area contributed by atoms with Gasteiger partial charge in [0.05, 0.1) is 13.2 Å². The van der Waals surface area contributed by atoms with E-state index in [0.717, 1.165) is 70.6 Å². The van der Waals surface area contributed by atoms with Crippen LogP contribution in [0.1, 0.15) is 219 Å². The van der Waals surface area contributed by atoms with Crippen LogP contribution >= 0.6 is 7.82 Å². The van der Waals surface area contributed by atoms with Gasteiger partial charge < -0.3 is 25.2 Å². The predicted octanol–water partition coefficient (Wildman–Crippen LogP) is 14.8. The van der Waals surface area contributed by atoms with Gasteiger partial charge in [0.25, 0.3) is 0 Å². The van der Waals surface area contributed by atoms with E-state index in [-0.39, 0.29) is 19.4 Å². The molecule has 0 saturated carbocycles. The molecule has 12 heteroatoms. The van der Waals surface area contributed by atoms with E-state index in [9.17, 15) is 23.8 Å². The maximum atomic E-state index is 12.7. The number of rotatable bonds is 48. The minimum atomic E-state index is -4.74. The summed E-state index contributed by atoms with van der Waals surface area (Å²) in [5.41, 5.74) is 5.35. The molecule has 0 aromatic heterocycles. The molecule has 3 unspecified atom stereocenters. The molecule has 0 aliphatic carbocycles. The van der Waals surface area contributed by atoms with Crippen molar-refractivity contribution in [1.29, 1.82) is 0 Å². The summed E-state index contributed by atoms with van der Waals surface area (Å²) < 4.78 is 32.8. The molecule has 3 atom stereocenters. The standard InChI is InChI=1S/C54H94NO10P/c1-3-5-7-9-11-13-15-17-19-21-23-24-25-26-28-29-31-33-35-37-39-41-43-45-52(56)62-47-50(48-63-66(60,61)64-49-51(55)54(58)59)65-53(57)46-44-42-40-38-36-34-32-30-27-22-20-18-16-14-12-10-8-6-4-2/h6,8,12,14,18,20-21,23,27,30,34,36,50-51H,3-5,7,9-11,13,15-17,19,22,24-26,28-29,31-33,35,37-49,55H2,1-2H3,(H,58,59)(H,60,61)/b8-6-,14-12-,20-18-,23-21-,30-27-,36-34-. The lowest BCUT2D eigenvalue weighted by Crippen LogP contribution is -2.34. The summed E-state index contributed by atoms with van der Waals surface area (Å²) in [6.07, 6.45) is 59.7. The summed E-state index contributed by atoms with van der Waals surface area (Å²) in [6.45, 7) is 2.68. The summed E-state index contributed by atoms with van der Waals surface area (Å²) in [4.78, 5) is 46.2. The van der Waals surface area contributed by atoms with Crippen LogP contribution < -0.4 is 5.73 Å². The number of hydrogen-bond donors (Lipinski definition) is 3. The quantitative estimate of drug-likeness (QED) is 0.0229. The second kappa shape index (κ2) is 48.4. The fraction of sp³-hybridized carbons (Fsp3) is 0.722. The molecule has 0 heterocycles. The Morgan fingerprint density at radius 3 is 1.30 bits per heavy atom. The van der Waals surface area contributed by atoms with Crippen molar-refractivity contribution in [3.05, 3.63) is 72.9 Å². The number of aliphatic carboxylic acids is 1. The van der Waals surface area contributed by atoms with E-state index in [1.165, 1.54) is 109 Å². The Hall–Kier alpha value is -3.08. The van der Waals surface area contributed by atoms with Crippen molar-refractivity contribution in [1.82, 2.24) is 0 Å². The van der Waals surface area contributed by atoms with Gasteiger partial charge in [-0.3, -0.25) is 23.4 Å². The first-order valence-electron chi connectivity index (χ1n) is 26.0. The molecule has 380 valence electrons. The number of carboxylic acids is 1. The number of carboxylic acid groups (broad SMARTS) is 1. The number of carbonyl (C=O) groups excluding carboxylic acids is 2. The van der Waals surface area contributed by atoms with Gasteiger partial charge in [0, 0.05) is 12.8 Å². The van der Waals surface area contributed by atoms with Gasteiger partial charge in [-0.25, -0.2) is 4.57 Å². The van der Waals surface area contributed by atoms with Crippen LogP contribution in [0.25, 0.3) is 0 Å². The lowest BCUT2D eigenvalue weighted by Gasteiger charge is -2.20. The molecule has 0 fully saturated rings. The second-order valence-electron chi connectivity index (χ2n) is 17.3. The molecule has 0 aliphatic rings. The van der Waals surface area contributed by atoms with E-state index < -0.39 is 51.1 Å². The largest absolute Gasteiger partial charge is 0.480 e. The van der Waals surface area contributed by atoms with Crippen LogP contribution in [0.15, 0.2) is 72.9 Å². The van der Waals surface area contributed by atoms with E-state index in [2.05, 4.69) is 91.3 Å². The number of phosphoric ester groups is 1. The Morgan fingerprint density at radius 2 is 0.848 bits per heavy atom. The van der Waals surface area contributed by atoms with Crippen LogP contribution in [-0.2, 0) is 37.5 Å². The third-order valence-electron chi connectivity index (χ3n) is 10.9. The predicted molar refractivity (Wildman–Crippen MR) is 272 cm³/mol. The van der Waals surface area contributed by atoms with E-state index in [1.807, 2.05) is 0 Å². The molecular weight excluding hydrogens is 854 g/mol. The number of allylic oxidation sites excluding steroid dienone is 12. The summed E-state index contributed by atoms with van der Waals surface area (Å²) in [7, 11) is -4.74. The third-order valence-corrected chi connectivity index (χ3v) is 11.9. The van der Waals surface area contributed by atoms with Crippen molar-refractivity contribution in [2.24, 2.45) is 5.73 Å². The van der Waals surface area contributed by atoms with Gasteiger partial charge in [0.2, 0.25) is 0 Å². The maximum absolute atomic E-state index is 12.7. The Morgan fingerprint density at radius 1 is 0.485 bits per heavy atom. The minimum Gasteiger partial charge on any atom is -0.480 e. The van der Waals surface area contributed by atoms with Crippen LogP contribution in [-0.4, -0.2) is 59.9 Å². The second-order valence-corrected chi connectivity index (χ2v) is 18.7. The molecule has 0 saturated heterocycles. The van der Waals surface area contributed by atoms with Crippen molar-refractivity contribution in [2.45, 2.75) is 231 Å². The average Bonchev–Trinajstić information content (AvgIpc) is 3.30. The average molecular weight is 948 g/mol. The molecule has 0 amide bonds. The fourth-order valence-electron chi connectivity index (χ4n) is 6.91. The Balaban J connectivity index is 4.28. The molecule has 66 heavy (non-hydrogen) atoms. The molecule has 0 aromatic rings. The zero-order chi connectivity index (χ0) is 48.4. The smallest absolute Gasteiger partial charge is 0.472 e. The number of phosphoric acid groups is 1. The number of hydrogen-bond acceptors (Lipinski definition) is 9. The number of unbranched alkanes of at least 4 members (excludes halogenated alkanes) is 22. The van der Waals surface area contributed by atoms with Gasteiger partial charge >= 0.3 is 25.7 Å². The molecule has 0 bridgehead atoms. The van der Waals surface area contributed by atoms with Crippen LogP contribution in [0.2, 0.25) is 0 Å². The Kier molecular flexibility index (Phi) is 46.1. The highest BCUT2D eigenvalue weighted by molar-refractivity contribution is 7.47. The number of esters is 2. The monoisotopic (exact) mass is 948 g/mol. The number of carbonyl (C=O) groups is 3. The van der Waals surface area contributed by atoms with Crippen molar-refractivity contribution >= 4 is 25.7 Å². The first kappa shape index (κ1) is 62.9. The highest BCUT2D eigenvalue weighted by atomic mass is 31.2. The fourth-order valence-corrected chi connectivity index (χ4v) is 7.69. The van der Waals surface area contributed by atoms with Gasteiger partial charge in [-0.05, 0) is 83.5 Å². The molecule has 0 aromatic carbocycles. The van der Waals surface area contributed by atoms with Gasteiger partial charge in [0.15, 0.2) is 6.10 Å². The van der Waals surface area contributed by atoms with E-state index >= 15 is 0 Å². The molecular formula is C54H94NO10P. The number of nitrogens with two attached hydrogens (primary N) is 1. The highest BCUT2D eigenvalue weighted by Crippen LogP contribution is 2.43. The van der Waals surface area contributed by atoms with Crippen LogP contribution in [0.4, 0.5) is 0 Å². The molecule has 11 nitrogen and oxygen atoms in total. The van der Waals surface area contributed by atoms with Crippen molar-refractivity contribution < 1.29 is 47.5 Å². The molecule has 0 aliphatic heterocycles. The van der Waals surface area contributed by atoms with Crippen LogP contribution in [0, 0.1) is 0 Å². The lowest BCUT2D eigenvalue weighted by molar-refractivity contribution is -0.161. The normalized spacial score (nSPS) is 14.1. The van der Waals surface area contributed by atoms with Crippen LogP contribution in [0.3, 0.4) is 0 Å². The SMILES string of the molecule is CC/C=C\C/C=C\C/C=C\C/C=C\C/C=C\CCCCCC(=O)OC(COC(=O)CCCCCCCCCCCCC/C=C\CCCCCCCCCC)COP(=O)(O)OCC(N)C(=O)O. The topological polar surface area (TPSA) is 172 Å². The molecule has 4 N–H and O–H groups in total. The molecule has 0 spiro atoms. The minimum absolute atomic E-state index is 0.119. The summed E-state index contributed by atoms with van der Waals surface area (Å²) >= 11 is 0. The van der Waals surface area contributed by atoms with Crippen molar-refractivity contribution in [3.8, 4) is 0 Å². The van der Waals surface area contributed by atoms with E-state index in [0.29, 0.717) is 12.8 Å². The van der Waals surface area contributed by atoms with Gasteiger partial charge in [-0.1, -0.05) is 196 Å². The molecule has 0 rings (SSSR count). The van der Waals surface area contributed by atoms with Gasteiger partial charge in [-0.2, -0.15) is 0 Å². The first-order chi connectivity index (χ1) is 32.1. The number of ether oxygens (including phenoxy) is 2. The van der Waals surface area contributed by atoms with Crippen molar-refractivity contribution in [2.75, 3.05) is 19.8 Å².